The van der Waals surface area contributed by atoms with E-state index < -0.39 is 5.97 Å². The Balaban J connectivity index is 2.34. The second-order valence-electron chi connectivity index (χ2n) is 5.45. The van der Waals surface area contributed by atoms with E-state index in [0.717, 1.165) is 16.7 Å². The van der Waals surface area contributed by atoms with Crippen LogP contribution in [0, 0.1) is 0 Å². The van der Waals surface area contributed by atoms with Crippen LogP contribution in [-0.2, 0) is 9.53 Å². The zero-order valence-corrected chi connectivity index (χ0v) is 14.7. The minimum Gasteiger partial charge on any atom is -0.496 e. The molecule has 0 radical (unpaired) electrons. The summed E-state index contributed by atoms with van der Waals surface area (Å²) in [5.74, 6) is -0.420. The molecule has 5 nitrogen and oxygen atoms in total. The number of aliphatic carboxylic acids is 1. The molecule has 2 aromatic rings. The Hall–Kier alpha value is -2.34. The highest BCUT2D eigenvalue weighted by atomic mass is 32.1. The van der Waals surface area contributed by atoms with Gasteiger partial charge in [-0.1, -0.05) is 19.1 Å². The van der Waals surface area contributed by atoms with Crippen LogP contribution in [-0.4, -0.2) is 31.3 Å². The van der Waals surface area contributed by atoms with Crippen LogP contribution in [0.5, 0.6) is 5.75 Å². The SMILES string of the molecule is COC(=O)c1sccc1-c1ccc(C(C)CCC(=O)O)c(OC)c1. The van der Waals surface area contributed by atoms with Gasteiger partial charge in [-0.15, -0.1) is 11.3 Å². The van der Waals surface area contributed by atoms with Crippen LogP contribution in [0.3, 0.4) is 0 Å². The molecular weight excluding hydrogens is 328 g/mol. The van der Waals surface area contributed by atoms with Gasteiger partial charge in [0, 0.05) is 12.0 Å². The molecule has 0 saturated heterocycles. The number of hydrogen-bond acceptors (Lipinski definition) is 5. The third-order valence-electron chi connectivity index (χ3n) is 3.90. The zero-order valence-electron chi connectivity index (χ0n) is 13.9. The molecule has 1 aromatic heterocycles. The molecule has 1 unspecified atom stereocenters. The fourth-order valence-electron chi connectivity index (χ4n) is 2.57. The Morgan fingerprint density at radius 3 is 2.62 bits per heavy atom. The number of esters is 1. The van der Waals surface area contributed by atoms with E-state index in [1.165, 1.54) is 18.4 Å². The smallest absolute Gasteiger partial charge is 0.348 e. The maximum atomic E-state index is 11.8. The fraction of sp³-hybridized carbons (Fsp3) is 0.333. The molecule has 1 atom stereocenters. The van der Waals surface area contributed by atoms with E-state index in [1.54, 1.807) is 7.11 Å². The van der Waals surface area contributed by atoms with Crippen LogP contribution in [0.25, 0.3) is 11.1 Å². The summed E-state index contributed by atoms with van der Waals surface area (Å²) in [6, 6.07) is 7.60. The van der Waals surface area contributed by atoms with Crippen molar-refractivity contribution < 1.29 is 24.2 Å². The van der Waals surface area contributed by atoms with Crippen LogP contribution in [0.4, 0.5) is 0 Å². The van der Waals surface area contributed by atoms with Crippen LogP contribution < -0.4 is 4.74 Å². The van der Waals surface area contributed by atoms with Gasteiger partial charge in [-0.25, -0.2) is 4.79 Å². The summed E-state index contributed by atoms with van der Waals surface area (Å²) in [5, 5.41) is 10.7. The molecule has 0 aliphatic carbocycles. The Labute approximate surface area is 144 Å². The molecule has 1 N–H and O–H groups in total. The second-order valence-corrected chi connectivity index (χ2v) is 6.36. The number of thiophene rings is 1. The molecule has 0 fully saturated rings. The number of methoxy groups -OCH3 is 2. The summed E-state index contributed by atoms with van der Waals surface area (Å²) < 4.78 is 10.3. The molecule has 1 heterocycles. The van der Waals surface area contributed by atoms with Crippen molar-refractivity contribution in [1.29, 1.82) is 0 Å². The van der Waals surface area contributed by atoms with E-state index >= 15 is 0 Å². The maximum Gasteiger partial charge on any atom is 0.348 e. The van der Waals surface area contributed by atoms with Crippen LogP contribution in [0.2, 0.25) is 0 Å². The molecule has 0 aliphatic heterocycles. The molecule has 0 aliphatic rings. The highest BCUT2D eigenvalue weighted by Crippen LogP contribution is 2.36. The number of benzene rings is 1. The first-order valence-corrected chi connectivity index (χ1v) is 8.41. The first kappa shape index (κ1) is 18.0. The topological polar surface area (TPSA) is 72.8 Å². The van der Waals surface area contributed by atoms with E-state index in [2.05, 4.69) is 0 Å². The van der Waals surface area contributed by atoms with Gasteiger partial charge in [0.15, 0.2) is 0 Å². The molecule has 0 bridgehead atoms. The van der Waals surface area contributed by atoms with Gasteiger partial charge in [-0.3, -0.25) is 4.79 Å². The van der Waals surface area contributed by atoms with Crippen molar-refractivity contribution >= 4 is 23.3 Å². The van der Waals surface area contributed by atoms with Gasteiger partial charge in [0.05, 0.1) is 14.2 Å². The lowest BCUT2D eigenvalue weighted by Crippen LogP contribution is -2.03. The monoisotopic (exact) mass is 348 g/mol. The van der Waals surface area contributed by atoms with Crippen molar-refractivity contribution in [2.24, 2.45) is 0 Å². The van der Waals surface area contributed by atoms with Crippen molar-refractivity contribution in [3.63, 3.8) is 0 Å². The Kier molecular flexibility index (Phi) is 5.98. The average Bonchev–Trinajstić information content (AvgIpc) is 3.08. The van der Waals surface area contributed by atoms with Crippen molar-refractivity contribution in [3.8, 4) is 16.9 Å². The minimum absolute atomic E-state index is 0.0626. The third kappa shape index (κ3) is 3.94. The molecular formula is C18H20O5S. The Morgan fingerprint density at radius 2 is 2.00 bits per heavy atom. The van der Waals surface area contributed by atoms with Crippen molar-refractivity contribution in [2.75, 3.05) is 14.2 Å². The molecule has 128 valence electrons. The summed E-state index contributed by atoms with van der Waals surface area (Å²) in [5.41, 5.74) is 2.62. The first-order chi connectivity index (χ1) is 11.5. The Morgan fingerprint density at radius 1 is 1.25 bits per heavy atom. The lowest BCUT2D eigenvalue weighted by atomic mass is 9.93. The number of hydrogen-bond donors (Lipinski definition) is 1. The summed E-state index contributed by atoms with van der Waals surface area (Å²) in [6.45, 7) is 1.98. The van der Waals surface area contributed by atoms with Gasteiger partial charge in [-0.2, -0.15) is 0 Å². The summed E-state index contributed by atoms with van der Waals surface area (Å²) in [4.78, 5) is 23.2. The predicted molar refractivity (Wildman–Crippen MR) is 92.9 cm³/mol. The molecule has 0 amide bonds. The normalized spacial score (nSPS) is 11.8. The highest BCUT2D eigenvalue weighted by Gasteiger charge is 2.18. The molecule has 1 aromatic carbocycles. The van der Waals surface area contributed by atoms with E-state index in [1.807, 2.05) is 36.6 Å². The number of ether oxygens (including phenoxy) is 2. The number of carbonyl (C=O) groups excluding carboxylic acids is 1. The van der Waals surface area contributed by atoms with E-state index in [4.69, 9.17) is 14.6 Å². The summed E-state index contributed by atoms with van der Waals surface area (Å²) in [6.07, 6.45) is 0.653. The predicted octanol–water partition coefficient (Wildman–Crippen LogP) is 4.18. The molecule has 24 heavy (non-hydrogen) atoms. The number of carboxylic acid groups (broad SMARTS) is 1. The van der Waals surface area contributed by atoms with Crippen molar-refractivity contribution in [1.82, 2.24) is 0 Å². The number of carbonyl (C=O) groups is 2. The summed E-state index contributed by atoms with van der Waals surface area (Å²) >= 11 is 1.33. The fourth-order valence-corrected chi connectivity index (χ4v) is 3.40. The van der Waals surface area contributed by atoms with E-state index in [-0.39, 0.29) is 18.3 Å². The summed E-state index contributed by atoms with van der Waals surface area (Å²) in [7, 11) is 2.95. The molecule has 0 spiro atoms. The zero-order chi connectivity index (χ0) is 17.7. The van der Waals surface area contributed by atoms with Crippen molar-refractivity contribution in [3.05, 3.63) is 40.1 Å². The average molecular weight is 348 g/mol. The largest absolute Gasteiger partial charge is 0.496 e. The standard InChI is InChI=1S/C18H20O5S/c1-11(4-7-16(19)20)13-6-5-12(10-15(13)22-2)14-8-9-24-17(14)18(21)23-3/h5-6,8-11H,4,7H2,1-3H3,(H,19,20). The molecule has 6 heteroatoms. The number of carboxylic acids is 1. The van der Waals surface area contributed by atoms with E-state index in [0.29, 0.717) is 17.0 Å². The van der Waals surface area contributed by atoms with Gasteiger partial charge in [0.25, 0.3) is 0 Å². The van der Waals surface area contributed by atoms with Gasteiger partial charge in [0.1, 0.15) is 10.6 Å². The second kappa shape index (κ2) is 7.97. The lowest BCUT2D eigenvalue weighted by Gasteiger charge is -2.16. The first-order valence-electron chi connectivity index (χ1n) is 7.53. The maximum absolute atomic E-state index is 11.8. The van der Waals surface area contributed by atoms with Gasteiger partial charge >= 0.3 is 11.9 Å². The molecule has 0 saturated carbocycles. The van der Waals surface area contributed by atoms with Crippen LogP contribution >= 0.6 is 11.3 Å². The molecule has 2 rings (SSSR count). The van der Waals surface area contributed by atoms with Gasteiger partial charge < -0.3 is 14.6 Å². The van der Waals surface area contributed by atoms with Crippen LogP contribution in [0.1, 0.15) is 40.9 Å². The minimum atomic E-state index is -0.807. The number of rotatable bonds is 7. The third-order valence-corrected chi connectivity index (χ3v) is 4.80. The quantitative estimate of drug-likeness (QED) is 0.760. The highest BCUT2D eigenvalue weighted by molar-refractivity contribution is 7.12. The Bertz CT molecular complexity index is 735. The van der Waals surface area contributed by atoms with Crippen molar-refractivity contribution in [2.45, 2.75) is 25.7 Å². The van der Waals surface area contributed by atoms with Gasteiger partial charge in [-0.05, 0) is 41.0 Å². The van der Waals surface area contributed by atoms with E-state index in [9.17, 15) is 9.59 Å². The van der Waals surface area contributed by atoms with Gasteiger partial charge in [0.2, 0.25) is 0 Å². The lowest BCUT2D eigenvalue weighted by molar-refractivity contribution is -0.137. The van der Waals surface area contributed by atoms with Crippen LogP contribution in [0.15, 0.2) is 29.6 Å².